The molecule has 0 saturated carbocycles. The van der Waals surface area contributed by atoms with Crippen LogP contribution in [0.25, 0.3) is 0 Å². The van der Waals surface area contributed by atoms with Crippen molar-refractivity contribution in [1.29, 1.82) is 0 Å². The number of para-hydroxylation sites is 2. The van der Waals surface area contributed by atoms with Gasteiger partial charge in [0, 0.05) is 89.1 Å². The molecule has 3 aliphatic heterocycles. The number of halogens is 1. The molecule has 3 aromatic rings. The van der Waals surface area contributed by atoms with Crippen molar-refractivity contribution in [3.05, 3.63) is 96.6 Å². The van der Waals surface area contributed by atoms with Crippen LogP contribution in [0.2, 0.25) is 0 Å². The monoisotopic (exact) mass is 1010 g/mol. The summed E-state index contributed by atoms with van der Waals surface area (Å²) in [6.45, 7) is 44.4. The van der Waals surface area contributed by atoms with Crippen LogP contribution in [0.5, 0.6) is 0 Å². The van der Waals surface area contributed by atoms with Crippen LogP contribution >= 0.6 is 11.6 Å². The molecule has 408 valence electrons. The van der Waals surface area contributed by atoms with Gasteiger partial charge in [0.2, 0.25) is 0 Å². The van der Waals surface area contributed by atoms with Crippen molar-refractivity contribution >= 4 is 41.4 Å². The summed E-state index contributed by atoms with van der Waals surface area (Å²) in [5, 5.41) is 3.25. The lowest BCUT2D eigenvalue weighted by Gasteiger charge is -2.27. The summed E-state index contributed by atoms with van der Waals surface area (Å²) in [6, 6.07) is 31.4. The molecule has 71 heavy (non-hydrogen) atoms. The van der Waals surface area contributed by atoms with Crippen molar-refractivity contribution in [2.45, 2.75) is 161 Å². The minimum atomic E-state index is -0.428. The van der Waals surface area contributed by atoms with Crippen molar-refractivity contribution in [3.8, 4) is 0 Å². The molecule has 2 amide bonds. The van der Waals surface area contributed by atoms with Gasteiger partial charge in [-0.3, -0.25) is 0 Å². The smallest absolute Gasteiger partial charge is 0.410 e. The molecule has 3 heterocycles. The number of nitrogens with zero attached hydrogens (tertiary/aromatic N) is 5. The Kier molecular flexibility index (Phi) is 46.7. The third-order valence-corrected chi connectivity index (χ3v) is 10.2. The molecule has 0 spiro atoms. The van der Waals surface area contributed by atoms with Gasteiger partial charge < -0.3 is 44.1 Å². The van der Waals surface area contributed by atoms with Crippen LogP contribution < -0.4 is 15.1 Å². The van der Waals surface area contributed by atoms with E-state index in [4.69, 9.17) is 21.1 Å². The van der Waals surface area contributed by atoms with E-state index >= 15 is 0 Å². The van der Waals surface area contributed by atoms with Crippen molar-refractivity contribution < 1.29 is 23.9 Å². The molecule has 12 heteroatoms. The van der Waals surface area contributed by atoms with Crippen molar-refractivity contribution in [3.63, 3.8) is 0 Å². The number of nitrogens with one attached hydrogen (secondary N) is 1. The van der Waals surface area contributed by atoms with Gasteiger partial charge in [0.15, 0.2) is 0 Å². The van der Waals surface area contributed by atoms with Crippen LogP contribution in [0.1, 0.15) is 148 Å². The highest BCUT2D eigenvalue weighted by Gasteiger charge is 2.25. The zero-order valence-corrected chi connectivity index (χ0v) is 48.8. The molecule has 0 bridgehead atoms. The summed E-state index contributed by atoms with van der Waals surface area (Å²) in [4.78, 5) is 43.9. The molecular weight excluding hydrogens is 908 g/mol. The van der Waals surface area contributed by atoms with E-state index in [0.717, 1.165) is 77.2 Å². The number of ether oxygens (including phenoxy) is 2. The topological polar surface area (TPSA) is 97.9 Å². The fourth-order valence-electron chi connectivity index (χ4n) is 6.62. The highest BCUT2D eigenvalue weighted by Crippen LogP contribution is 2.18. The Balaban J connectivity index is -0.000000822. The molecule has 6 rings (SSSR count). The quantitative estimate of drug-likeness (QED) is 0.191. The molecule has 0 aliphatic carbocycles. The lowest BCUT2D eigenvalue weighted by atomic mass is 10.2. The summed E-state index contributed by atoms with van der Waals surface area (Å²) in [5.41, 5.74) is 3.10. The maximum Gasteiger partial charge on any atom is 0.410 e. The predicted octanol–water partition coefficient (Wildman–Crippen LogP) is 14.3. The summed E-state index contributed by atoms with van der Waals surface area (Å²) in [6.07, 6.45) is 6.73. The second kappa shape index (κ2) is 46.7. The molecule has 0 aromatic heterocycles. The number of aldehydes is 1. The Morgan fingerprint density at radius 1 is 0.549 bits per heavy atom. The number of anilines is 2. The molecule has 11 nitrogen and oxygen atoms in total. The minimum Gasteiger partial charge on any atom is -0.444 e. The van der Waals surface area contributed by atoms with Gasteiger partial charge in [0.25, 0.3) is 0 Å². The zero-order chi connectivity index (χ0) is 54.4. The van der Waals surface area contributed by atoms with Gasteiger partial charge >= 0.3 is 12.2 Å². The molecule has 3 fully saturated rings. The van der Waals surface area contributed by atoms with E-state index in [9.17, 15) is 14.4 Å². The molecule has 3 saturated heterocycles. The van der Waals surface area contributed by atoms with E-state index in [1.165, 1.54) is 62.5 Å². The highest BCUT2D eigenvalue weighted by molar-refractivity contribution is 6.17. The SMILES string of the molecule is CC.CC.CC.CC(C)(C)OC(=O)N1CCCN(c2ccccc2)CC1.CC(C)(C)OC(=O)N1CCCNCC1.CCC=O.CCCCl.CCCN1CCCN(c2ccccc2)CC1.Cc1ccccc1. The van der Waals surface area contributed by atoms with Gasteiger partial charge in [-0.1, -0.05) is 135 Å². The average molecular weight is 1010 g/mol. The van der Waals surface area contributed by atoms with Gasteiger partial charge in [0.1, 0.15) is 17.5 Å². The number of carbonyl (C=O) groups is 3. The first-order chi connectivity index (χ1) is 34.1. The standard InChI is InChI=1S/C16H24N2O2.C14H22N2.C10H20N2O2.C7H8.C3H7Cl.C3H6O.3C2H6/c1-16(2,3)20-15(19)18-11-7-10-17(12-13-18)14-8-5-4-6-9-14;1-2-9-15-10-6-11-16(13-12-15)14-7-4-3-5-8-14;1-10(2,3)14-9(13)12-7-4-5-11-6-8-12;1-7-5-3-2-4-6-7;2*1-2-3-4;3*1-2/h4-6,8-9H,7,10-13H2,1-3H3;3-5,7-8H,2,6,9-13H2,1H3;11H,4-8H2,1-3H3;2-6H,1H3;2-3H2,1H3;3H,2H2,1H3;3*1-2H3. The molecule has 0 radical (unpaired) electrons. The van der Waals surface area contributed by atoms with E-state index in [0.29, 0.717) is 13.0 Å². The third-order valence-electron chi connectivity index (χ3n) is 9.81. The van der Waals surface area contributed by atoms with Crippen LogP contribution in [0.3, 0.4) is 0 Å². The summed E-state index contributed by atoms with van der Waals surface area (Å²) < 4.78 is 10.7. The van der Waals surface area contributed by atoms with Gasteiger partial charge in [-0.05, 0) is 124 Å². The molecule has 3 aliphatic rings. The lowest BCUT2D eigenvalue weighted by Crippen LogP contribution is -2.39. The number of alkyl halides is 1. The normalized spacial score (nSPS) is 14.5. The molecule has 0 unspecified atom stereocenters. The Hall–Kier alpha value is -4.32. The largest absolute Gasteiger partial charge is 0.444 e. The number of rotatable bonds is 6. The van der Waals surface area contributed by atoms with Crippen molar-refractivity contribution in [2.24, 2.45) is 0 Å². The van der Waals surface area contributed by atoms with Crippen LogP contribution in [-0.4, -0.2) is 135 Å². The first-order valence-corrected chi connectivity index (χ1v) is 27.6. The number of hydrogen-bond acceptors (Lipinski definition) is 9. The third kappa shape index (κ3) is 39.9. The number of benzene rings is 3. The Morgan fingerprint density at radius 3 is 1.32 bits per heavy atom. The number of aryl methyl sites for hydroxylation is 1. The molecule has 3 aromatic carbocycles. The first kappa shape index (κ1) is 70.9. The van der Waals surface area contributed by atoms with Crippen LogP contribution in [0.4, 0.5) is 21.0 Å². The minimum absolute atomic E-state index is 0.193. The fourth-order valence-corrected chi connectivity index (χ4v) is 6.62. The lowest BCUT2D eigenvalue weighted by molar-refractivity contribution is -0.107. The van der Waals surface area contributed by atoms with E-state index < -0.39 is 11.2 Å². The summed E-state index contributed by atoms with van der Waals surface area (Å²) in [5.74, 6) is 0.792. The molecule has 0 atom stereocenters. The number of amides is 2. The second-order valence-electron chi connectivity index (χ2n) is 18.2. The van der Waals surface area contributed by atoms with Crippen LogP contribution in [0, 0.1) is 6.92 Å². The maximum atomic E-state index is 12.1. The Bertz CT molecular complexity index is 1620. The van der Waals surface area contributed by atoms with Crippen LogP contribution in [-0.2, 0) is 14.3 Å². The fraction of sp³-hybridized carbons (Fsp3) is 0.644. The van der Waals surface area contributed by atoms with Crippen molar-refractivity contribution in [1.82, 2.24) is 20.0 Å². The first-order valence-electron chi connectivity index (χ1n) is 27.1. The zero-order valence-electron chi connectivity index (χ0n) is 48.0. The second-order valence-corrected chi connectivity index (χ2v) is 18.5. The highest BCUT2D eigenvalue weighted by atomic mass is 35.5. The Morgan fingerprint density at radius 2 is 0.944 bits per heavy atom. The predicted molar refractivity (Wildman–Crippen MR) is 309 cm³/mol. The van der Waals surface area contributed by atoms with Gasteiger partial charge in [-0.15, -0.1) is 11.6 Å². The molecular formula is C59H105ClN6O5. The number of hydrogen-bond donors (Lipinski definition) is 1. The van der Waals surface area contributed by atoms with E-state index in [-0.39, 0.29) is 12.2 Å². The number of carbonyl (C=O) groups excluding carboxylic acids is 3. The average Bonchev–Trinajstić information content (AvgIpc) is 3.92. The van der Waals surface area contributed by atoms with Gasteiger partial charge in [-0.25, -0.2) is 9.59 Å². The van der Waals surface area contributed by atoms with E-state index in [2.05, 4.69) is 88.5 Å². The Labute approximate surface area is 441 Å². The summed E-state index contributed by atoms with van der Waals surface area (Å²) in [7, 11) is 0. The van der Waals surface area contributed by atoms with E-state index in [1.807, 2.05) is 138 Å². The molecule has 1 N–H and O–H groups in total. The van der Waals surface area contributed by atoms with Crippen molar-refractivity contribution in [2.75, 3.05) is 101 Å². The maximum absolute atomic E-state index is 12.1. The summed E-state index contributed by atoms with van der Waals surface area (Å²) >= 11 is 5.19. The van der Waals surface area contributed by atoms with Crippen LogP contribution in [0.15, 0.2) is 91.0 Å². The van der Waals surface area contributed by atoms with E-state index in [1.54, 1.807) is 4.90 Å². The van der Waals surface area contributed by atoms with Gasteiger partial charge in [-0.2, -0.15) is 0 Å². The van der Waals surface area contributed by atoms with Gasteiger partial charge in [0.05, 0.1) is 0 Å².